The number of rotatable bonds is 1. The zero-order valence-corrected chi connectivity index (χ0v) is 7.38. The van der Waals surface area contributed by atoms with E-state index in [0.29, 0.717) is 16.9 Å². The summed E-state index contributed by atoms with van der Waals surface area (Å²) in [5.74, 6) is -2.71. The van der Waals surface area contributed by atoms with Gasteiger partial charge in [0.15, 0.2) is 5.79 Å². The van der Waals surface area contributed by atoms with Gasteiger partial charge < -0.3 is 26.8 Å². The van der Waals surface area contributed by atoms with Gasteiger partial charge in [0.25, 0.3) is 0 Å². The molecule has 0 saturated heterocycles. The van der Waals surface area contributed by atoms with E-state index in [2.05, 4.69) is 0 Å². The Morgan fingerprint density at radius 3 is 2.14 bits per heavy atom. The van der Waals surface area contributed by atoms with E-state index in [1.54, 1.807) is 12.1 Å². The van der Waals surface area contributed by atoms with Crippen molar-refractivity contribution in [2.24, 2.45) is 0 Å². The molecule has 0 aromatic heterocycles. The molecule has 0 heterocycles. The van der Waals surface area contributed by atoms with Crippen molar-refractivity contribution < 1.29 is 15.3 Å². The average molecular weight is 196 g/mol. The van der Waals surface area contributed by atoms with Crippen LogP contribution < -0.4 is 11.5 Å². The van der Waals surface area contributed by atoms with Gasteiger partial charge in [-0.3, -0.25) is 0 Å². The van der Waals surface area contributed by atoms with Gasteiger partial charge in [0.05, 0.1) is 17.3 Å². The second-order valence-electron chi connectivity index (χ2n) is 3.59. The predicted octanol–water partition coefficient (Wildman–Crippen LogP) is -1.01. The largest absolute Gasteiger partial charge is 0.397 e. The van der Waals surface area contributed by atoms with Crippen LogP contribution in [-0.4, -0.2) is 27.2 Å². The minimum absolute atomic E-state index is 0.373. The summed E-state index contributed by atoms with van der Waals surface area (Å²) < 4.78 is 0. The Morgan fingerprint density at radius 1 is 1.14 bits per heavy atom. The summed E-state index contributed by atoms with van der Waals surface area (Å²) in [6.45, 7) is 0. The summed E-state index contributed by atoms with van der Waals surface area (Å²) in [5, 5.41) is 27.6. The molecule has 76 valence electrons. The zero-order valence-electron chi connectivity index (χ0n) is 7.38. The summed E-state index contributed by atoms with van der Waals surface area (Å²) in [4.78, 5) is 0. The van der Waals surface area contributed by atoms with Crippen LogP contribution in [-0.2, 0) is 0 Å². The van der Waals surface area contributed by atoms with E-state index in [1.807, 2.05) is 0 Å². The molecule has 0 radical (unpaired) electrons. The average Bonchev–Trinajstić information content (AvgIpc) is 2.58. The van der Waals surface area contributed by atoms with E-state index in [9.17, 15) is 15.3 Å². The maximum atomic E-state index is 9.21. The van der Waals surface area contributed by atoms with Gasteiger partial charge in [-0.1, -0.05) is 6.07 Å². The third kappa shape index (κ3) is 1.14. The van der Waals surface area contributed by atoms with Crippen molar-refractivity contribution in [2.75, 3.05) is 11.5 Å². The standard InChI is InChI=1S/C9H12N2O3/c10-5-2-1-4(3-6(5)11)7-8(12)9(7,13)14/h1-3,7-8,12-14H,10-11H2/t7-,8+/m0/s1. The van der Waals surface area contributed by atoms with Gasteiger partial charge in [0.1, 0.15) is 6.10 Å². The molecule has 2 rings (SSSR count). The first-order chi connectivity index (χ1) is 6.44. The zero-order chi connectivity index (χ0) is 10.5. The molecular weight excluding hydrogens is 184 g/mol. The third-order valence-electron chi connectivity index (χ3n) is 2.57. The molecule has 1 fully saturated rings. The molecule has 5 nitrogen and oxygen atoms in total. The Morgan fingerprint density at radius 2 is 1.71 bits per heavy atom. The maximum Gasteiger partial charge on any atom is 0.200 e. The normalized spacial score (nSPS) is 28.8. The molecule has 0 aliphatic heterocycles. The number of anilines is 2. The molecule has 0 spiro atoms. The topological polar surface area (TPSA) is 113 Å². The van der Waals surface area contributed by atoms with Gasteiger partial charge in [0, 0.05) is 0 Å². The summed E-state index contributed by atoms with van der Waals surface area (Å²) in [5.41, 5.74) is 12.4. The Balaban J connectivity index is 2.32. The molecule has 14 heavy (non-hydrogen) atoms. The van der Waals surface area contributed by atoms with Crippen molar-refractivity contribution in [1.82, 2.24) is 0 Å². The van der Waals surface area contributed by atoms with Crippen LogP contribution in [0.25, 0.3) is 0 Å². The minimum atomic E-state index is -2.03. The number of aliphatic hydroxyl groups excluding tert-OH is 1. The van der Waals surface area contributed by atoms with Crippen LogP contribution in [0.2, 0.25) is 0 Å². The van der Waals surface area contributed by atoms with Crippen LogP contribution >= 0.6 is 0 Å². The van der Waals surface area contributed by atoms with Gasteiger partial charge >= 0.3 is 0 Å². The van der Waals surface area contributed by atoms with Crippen LogP contribution in [0.5, 0.6) is 0 Å². The summed E-state index contributed by atoms with van der Waals surface area (Å²) in [7, 11) is 0. The number of nitrogen functional groups attached to an aromatic ring is 2. The summed E-state index contributed by atoms with van der Waals surface area (Å²) in [6.07, 6.45) is -1.15. The SMILES string of the molecule is Nc1ccc([C@H]2[C@@H](O)C2(O)O)cc1N. The van der Waals surface area contributed by atoms with Gasteiger partial charge in [-0.15, -0.1) is 0 Å². The number of aliphatic hydroxyl groups is 3. The summed E-state index contributed by atoms with van der Waals surface area (Å²) in [6, 6.07) is 4.73. The molecule has 1 aromatic rings. The first-order valence-electron chi connectivity index (χ1n) is 4.22. The molecule has 0 bridgehead atoms. The first kappa shape index (κ1) is 9.26. The van der Waals surface area contributed by atoms with Crippen molar-refractivity contribution in [3.8, 4) is 0 Å². The minimum Gasteiger partial charge on any atom is -0.397 e. The van der Waals surface area contributed by atoms with E-state index < -0.39 is 17.8 Å². The highest BCUT2D eigenvalue weighted by atomic mass is 16.5. The van der Waals surface area contributed by atoms with Gasteiger partial charge in [-0.2, -0.15) is 0 Å². The third-order valence-corrected chi connectivity index (χ3v) is 2.57. The lowest BCUT2D eigenvalue weighted by Gasteiger charge is -2.04. The van der Waals surface area contributed by atoms with Crippen LogP contribution in [0.4, 0.5) is 11.4 Å². The number of benzene rings is 1. The molecule has 2 atom stereocenters. The quantitative estimate of drug-likeness (QED) is 0.292. The van der Waals surface area contributed by atoms with Crippen LogP contribution in [0.1, 0.15) is 11.5 Å². The molecular formula is C9H12N2O3. The Hall–Kier alpha value is -1.30. The molecule has 1 aliphatic rings. The van der Waals surface area contributed by atoms with Crippen LogP contribution in [0.3, 0.4) is 0 Å². The van der Waals surface area contributed by atoms with Crippen molar-refractivity contribution in [2.45, 2.75) is 17.8 Å². The van der Waals surface area contributed by atoms with Crippen LogP contribution in [0.15, 0.2) is 18.2 Å². The van der Waals surface area contributed by atoms with E-state index in [4.69, 9.17) is 11.5 Å². The molecule has 1 aliphatic carbocycles. The lowest BCUT2D eigenvalue weighted by Crippen LogP contribution is -2.12. The van der Waals surface area contributed by atoms with E-state index in [1.165, 1.54) is 6.07 Å². The highest BCUT2D eigenvalue weighted by Gasteiger charge is 2.64. The molecule has 7 N–H and O–H groups in total. The number of nitrogens with two attached hydrogens (primary N) is 2. The van der Waals surface area contributed by atoms with Crippen molar-refractivity contribution >= 4 is 11.4 Å². The Kier molecular flexibility index (Phi) is 1.72. The fraction of sp³-hybridized carbons (Fsp3) is 0.333. The monoisotopic (exact) mass is 196 g/mol. The molecule has 0 amide bonds. The van der Waals surface area contributed by atoms with E-state index >= 15 is 0 Å². The van der Waals surface area contributed by atoms with Crippen molar-refractivity contribution in [3.63, 3.8) is 0 Å². The molecule has 1 aromatic carbocycles. The fourth-order valence-corrected chi connectivity index (χ4v) is 1.56. The molecule has 1 saturated carbocycles. The van der Waals surface area contributed by atoms with E-state index in [0.717, 1.165) is 0 Å². The van der Waals surface area contributed by atoms with Gasteiger partial charge in [-0.05, 0) is 17.7 Å². The summed E-state index contributed by atoms with van der Waals surface area (Å²) >= 11 is 0. The number of hydrogen-bond donors (Lipinski definition) is 5. The predicted molar refractivity (Wildman–Crippen MR) is 51.2 cm³/mol. The maximum absolute atomic E-state index is 9.21. The Labute approximate surface area is 80.6 Å². The second-order valence-corrected chi connectivity index (χ2v) is 3.59. The second kappa shape index (κ2) is 2.60. The van der Waals surface area contributed by atoms with Crippen molar-refractivity contribution in [1.29, 1.82) is 0 Å². The highest BCUT2D eigenvalue weighted by molar-refractivity contribution is 5.64. The van der Waals surface area contributed by atoms with E-state index in [-0.39, 0.29) is 0 Å². The molecule has 0 unspecified atom stereocenters. The van der Waals surface area contributed by atoms with Crippen molar-refractivity contribution in [3.05, 3.63) is 23.8 Å². The first-order valence-corrected chi connectivity index (χ1v) is 4.22. The fourth-order valence-electron chi connectivity index (χ4n) is 1.56. The van der Waals surface area contributed by atoms with Gasteiger partial charge in [-0.25, -0.2) is 0 Å². The number of hydrogen-bond acceptors (Lipinski definition) is 5. The highest BCUT2D eigenvalue weighted by Crippen LogP contribution is 2.49. The van der Waals surface area contributed by atoms with Gasteiger partial charge in [0.2, 0.25) is 0 Å². The van der Waals surface area contributed by atoms with Crippen LogP contribution in [0, 0.1) is 0 Å². The Bertz CT molecular complexity index is 378. The lowest BCUT2D eigenvalue weighted by atomic mass is 10.1. The smallest absolute Gasteiger partial charge is 0.200 e. The molecule has 5 heteroatoms. The lowest BCUT2D eigenvalue weighted by molar-refractivity contribution is -0.101.